The van der Waals surface area contributed by atoms with Gasteiger partial charge in [0.25, 0.3) is 0 Å². The molecule has 0 aromatic rings. The molecule has 0 aliphatic heterocycles. The molecule has 0 amide bonds. The molecule has 0 heterocycles. The zero-order chi connectivity index (χ0) is 11.6. The fourth-order valence-electron chi connectivity index (χ4n) is 1.34. The molecule has 0 aliphatic carbocycles. The molecule has 0 aromatic heterocycles. The van der Waals surface area contributed by atoms with Crippen molar-refractivity contribution in [3.63, 3.8) is 0 Å². The van der Waals surface area contributed by atoms with Crippen molar-refractivity contribution in [2.45, 2.75) is 40.0 Å². The molecule has 0 fully saturated rings. The van der Waals surface area contributed by atoms with Crippen molar-refractivity contribution in [1.29, 1.82) is 0 Å². The average Bonchev–Trinajstić information content (AvgIpc) is 2.29. The maximum absolute atomic E-state index is 4.00. The highest BCUT2D eigenvalue weighted by molar-refractivity contribution is 6.97. The van der Waals surface area contributed by atoms with Crippen molar-refractivity contribution >= 4 is 8.07 Å². The van der Waals surface area contributed by atoms with E-state index in [-0.39, 0.29) is 0 Å². The molecule has 0 saturated heterocycles. The molecule has 0 atom stereocenters. The van der Waals surface area contributed by atoms with Crippen LogP contribution in [0.2, 0.25) is 0 Å². The van der Waals surface area contributed by atoms with E-state index in [0.29, 0.717) is 0 Å². The summed E-state index contributed by atoms with van der Waals surface area (Å²) < 4.78 is 0. The number of rotatable bonds is 7. The van der Waals surface area contributed by atoms with Crippen molar-refractivity contribution < 1.29 is 0 Å². The van der Waals surface area contributed by atoms with Crippen LogP contribution < -0.4 is 0 Å². The van der Waals surface area contributed by atoms with Crippen LogP contribution in [0.1, 0.15) is 40.0 Å². The van der Waals surface area contributed by atoms with Gasteiger partial charge in [-0.2, -0.15) is 0 Å². The number of hydrogen-bond donors (Lipinski definition) is 0. The summed E-state index contributed by atoms with van der Waals surface area (Å²) >= 11 is 0. The molecule has 0 saturated carbocycles. The lowest BCUT2D eigenvalue weighted by atomic mass is 10.5. The van der Waals surface area contributed by atoms with Gasteiger partial charge in [0, 0.05) is 0 Å². The van der Waals surface area contributed by atoms with Gasteiger partial charge >= 0.3 is 0 Å². The van der Waals surface area contributed by atoms with Crippen LogP contribution in [0.15, 0.2) is 47.6 Å². The molecule has 0 N–H and O–H groups in total. The average molecular weight is 220 g/mol. The highest BCUT2D eigenvalue weighted by Gasteiger charge is 2.17. The monoisotopic (exact) mass is 220 g/mol. The van der Waals surface area contributed by atoms with Crippen molar-refractivity contribution in [3.05, 3.63) is 47.6 Å². The zero-order valence-corrected chi connectivity index (χ0v) is 11.4. The first-order chi connectivity index (χ1) is 7.24. The van der Waals surface area contributed by atoms with Gasteiger partial charge in [-0.3, -0.25) is 0 Å². The predicted octanol–water partition coefficient (Wildman–Crippen LogP) is 4.68. The second kappa shape index (κ2) is 8.48. The first kappa shape index (κ1) is 14.2. The van der Waals surface area contributed by atoms with E-state index in [2.05, 4.69) is 68.4 Å². The fraction of sp³-hybridized carbons (Fsp3) is 0.429. The maximum atomic E-state index is 4.00. The van der Waals surface area contributed by atoms with Gasteiger partial charge in [0.15, 0.2) is 0 Å². The molecular formula is C14H24Si. The summed E-state index contributed by atoms with van der Waals surface area (Å²) in [5.41, 5.74) is 9.21. The van der Waals surface area contributed by atoms with E-state index in [4.69, 9.17) is 0 Å². The van der Waals surface area contributed by atoms with E-state index in [0.717, 1.165) is 19.3 Å². The largest absolute Gasteiger partial charge is 0.149 e. The molecular weight excluding hydrogens is 196 g/mol. The van der Waals surface area contributed by atoms with Gasteiger partial charge in [-0.05, 0) is 19.3 Å². The van der Waals surface area contributed by atoms with E-state index in [1.165, 1.54) is 0 Å². The quantitative estimate of drug-likeness (QED) is 0.547. The fourth-order valence-corrected chi connectivity index (χ4v) is 4.01. The smallest absolute Gasteiger partial charge is 0.106 e. The van der Waals surface area contributed by atoms with Crippen LogP contribution in [0.25, 0.3) is 0 Å². The molecule has 0 spiro atoms. The van der Waals surface area contributed by atoms with Crippen LogP contribution in [0.4, 0.5) is 0 Å². The van der Waals surface area contributed by atoms with Crippen LogP contribution >= 0.6 is 0 Å². The molecule has 1 heteroatoms. The second-order valence-corrected chi connectivity index (χ2v) is 7.04. The van der Waals surface area contributed by atoms with Crippen molar-refractivity contribution in [1.82, 2.24) is 0 Å². The molecule has 84 valence electrons. The van der Waals surface area contributed by atoms with E-state index in [1.54, 1.807) is 0 Å². The van der Waals surface area contributed by atoms with Crippen LogP contribution in [-0.2, 0) is 0 Å². The Kier molecular flexibility index (Phi) is 8.02. The Hall–Kier alpha value is -0.823. The summed E-state index contributed by atoms with van der Waals surface area (Å²) in [4.78, 5) is 0. The highest BCUT2D eigenvalue weighted by atomic mass is 28.3. The van der Waals surface area contributed by atoms with Crippen LogP contribution in [-0.4, -0.2) is 8.07 Å². The van der Waals surface area contributed by atoms with Gasteiger partial charge < -0.3 is 0 Å². The van der Waals surface area contributed by atoms with Crippen LogP contribution in [0, 0.1) is 0 Å². The first-order valence-electron chi connectivity index (χ1n) is 5.91. The minimum Gasteiger partial charge on any atom is -0.106 e. The summed E-state index contributed by atoms with van der Waals surface area (Å²) in [5.74, 6) is 0. The molecule has 0 rings (SSSR count). The Morgan fingerprint density at radius 2 is 1.13 bits per heavy atom. The minimum atomic E-state index is -1.61. The van der Waals surface area contributed by atoms with E-state index < -0.39 is 8.07 Å². The Labute approximate surface area is 96.1 Å². The first-order valence-corrected chi connectivity index (χ1v) is 8.22. The SMILES string of the molecule is C=C[Si](/C=C/CC)(/C=C/CC)/C=C/CC. The Morgan fingerprint density at radius 1 is 0.800 bits per heavy atom. The summed E-state index contributed by atoms with van der Waals surface area (Å²) in [6.07, 6.45) is 10.1. The van der Waals surface area contributed by atoms with Crippen molar-refractivity contribution in [2.24, 2.45) is 0 Å². The Bertz CT molecular complexity index is 210. The number of allylic oxidation sites excluding steroid dienone is 3. The van der Waals surface area contributed by atoms with Gasteiger partial charge in [0.1, 0.15) is 8.07 Å². The maximum Gasteiger partial charge on any atom is 0.149 e. The zero-order valence-electron chi connectivity index (χ0n) is 10.4. The third-order valence-corrected chi connectivity index (χ3v) is 5.43. The molecule has 0 radical (unpaired) electrons. The summed E-state index contributed by atoms with van der Waals surface area (Å²) in [6, 6.07) is 0. The van der Waals surface area contributed by atoms with E-state index in [9.17, 15) is 0 Å². The van der Waals surface area contributed by atoms with Crippen LogP contribution in [0.5, 0.6) is 0 Å². The molecule has 0 nitrogen and oxygen atoms in total. The van der Waals surface area contributed by atoms with Crippen LogP contribution in [0.3, 0.4) is 0 Å². The summed E-state index contributed by atoms with van der Waals surface area (Å²) in [7, 11) is -1.61. The van der Waals surface area contributed by atoms with Gasteiger partial charge in [0.2, 0.25) is 0 Å². The van der Waals surface area contributed by atoms with Gasteiger partial charge in [-0.25, -0.2) is 0 Å². The molecule has 0 aliphatic rings. The van der Waals surface area contributed by atoms with Gasteiger partial charge in [-0.15, -0.1) is 6.58 Å². The lowest BCUT2D eigenvalue weighted by Crippen LogP contribution is -2.24. The highest BCUT2D eigenvalue weighted by Crippen LogP contribution is 2.12. The van der Waals surface area contributed by atoms with Gasteiger partial charge in [0.05, 0.1) is 0 Å². The second-order valence-electron chi connectivity index (χ2n) is 3.64. The molecule has 0 bridgehead atoms. The molecule has 0 aromatic carbocycles. The summed E-state index contributed by atoms with van der Waals surface area (Å²) in [6.45, 7) is 10.5. The lowest BCUT2D eigenvalue weighted by molar-refractivity contribution is 1.22. The predicted molar refractivity (Wildman–Crippen MR) is 74.2 cm³/mol. The minimum absolute atomic E-state index is 1.10. The van der Waals surface area contributed by atoms with Crippen molar-refractivity contribution in [2.75, 3.05) is 0 Å². The summed E-state index contributed by atoms with van der Waals surface area (Å²) in [5, 5.41) is 0. The Morgan fingerprint density at radius 3 is 1.33 bits per heavy atom. The normalized spacial score (nSPS) is 13.3. The Balaban J connectivity index is 4.91. The van der Waals surface area contributed by atoms with Gasteiger partial charge in [-0.1, -0.05) is 61.8 Å². The van der Waals surface area contributed by atoms with Crippen molar-refractivity contribution in [3.8, 4) is 0 Å². The van der Waals surface area contributed by atoms with E-state index >= 15 is 0 Å². The third-order valence-electron chi connectivity index (χ3n) is 2.28. The third kappa shape index (κ3) is 5.58. The van der Waals surface area contributed by atoms with E-state index in [1.807, 2.05) is 0 Å². The number of hydrogen-bond acceptors (Lipinski definition) is 0. The molecule has 15 heavy (non-hydrogen) atoms. The molecule has 0 unspecified atom stereocenters. The standard InChI is InChI=1S/C14H24Si/c1-5-9-12-15(8-4,13-10-6-2)14-11-7-3/h8-14H,4-7H2,1-3H3/b12-9+,13-10+,14-11+. The topological polar surface area (TPSA) is 0 Å². The lowest BCUT2D eigenvalue weighted by Gasteiger charge is -2.15.